The highest BCUT2D eigenvalue weighted by molar-refractivity contribution is 5.68. The summed E-state index contributed by atoms with van der Waals surface area (Å²) in [6.07, 6.45) is 4.53. The van der Waals surface area contributed by atoms with Gasteiger partial charge in [0.15, 0.2) is 5.65 Å². The number of nitrogens with zero attached hydrogens (tertiary/aromatic N) is 3. The van der Waals surface area contributed by atoms with Gasteiger partial charge in [0, 0.05) is 13.1 Å². The zero-order chi connectivity index (χ0) is 13.1. The molecule has 0 aromatic carbocycles. The summed E-state index contributed by atoms with van der Waals surface area (Å²) in [5, 5.41) is 0. The smallest absolute Gasteiger partial charge is 0.332 e. The lowest BCUT2D eigenvalue weighted by atomic mass is 10.2. The fourth-order valence-electron chi connectivity index (χ4n) is 2.11. The molecule has 6 nitrogen and oxygen atoms in total. The zero-order valence-electron chi connectivity index (χ0n) is 10.8. The highest BCUT2D eigenvalue weighted by Gasteiger charge is 2.13. The average molecular weight is 250 g/mol. The van der Waals surface area contributed by atoms with E-state index in [0.717, 1.165) is 19.3 Å². The van der Waals surface area contributed by atoms with Crippen molar-refractivity contribution in [1.82, 2.24) is 19.1 Å². The molecule has 6 heteroatoms. The van der Waals surface area contributed by atoms with E-state index in [4.69, 9.17) is 0 Å². The maximum atomic E-state index is 12.2. The summed E-state index contributed by atoms with van der Waals surface area (Å²) < 4.78 is 2.83. The van der Waals surface area contributed by atoms with Crippen molar-refractivity contribution in [3.8, 4) is 0 Å². The van der Waals surface area contributed by atoms with Gasteiger partial charge in [-0.25, -0.2) is 9.78 Å². The van der Waals surface area contributed by atoms with Crippen molar-refractivity contribution < 1.29 is 0 Å². The molecule has 0 aliphatic rings. The summed E-state index contributed by atoms with van der Waals surface area (Å²) in [6, 6.07) is 0. The first-order chi connectivity index (χ1) is 8.70. The van der Waals surface area contributed by atoms with Crippen molar-refractivity contribution >= 4 is 11.2 Å². The van der Waals surface area contributed by atoms with Crippen LogP contribution in [0.1, 0.15) is 33.1 Å². The molecule has 0 aliphatic heterocycles. The first-order valence-electron chi connectivity index (χ1n) is 6.37. The van der Waals surface area contributed by atoms with E-state index >= 15 is 0 Å². The van der Waals surface area contributed by atoms with Gasteiger partial charge >= 0.3 is 5.69 Å². The van der Waals surface area contributed by atoms with Crippen molar-refractivity contribution in [2.24, 2.45) is 0 Å². The highest BCUT2D eigenvalue weighted by atomic mass is 16.2. The van der Waals surface area contributed by atoms with Crippen molar-refractivity contribution in [1.29, 1.82) is 0 Å². The van der Waals surface area contributed by atoms with Crippen LogP contribution in [0.2, 0.25) is 0 Å². The Kier molecular flexibility index (Phi) is 3.64. The van der Waals surface area contributed by atoms with Crippen LogP contribution in [0.5, 0.6) is 0 Å². The summed E-state index contributed by atoms with van der Waals surface area (Å²) in [5.74, 6) is 0. The van der Waals surface area contributed by atoms with Gasteiger partial charge in [0.2, 0.25) is 0 Å². The first kappa shape index (κ1) is 12.6. The Hall–Kier alpha value is -1.85. The maximum absolute atomic E-state index is 12.2. The minimum absolute atomic E-state index is 0.266. The molecular formula is C12H18N4O2. The van der Waals surface area contributed by atoms with Gasteiger partial charge < -0.3 is 4.98 Å². The Morgan fingerprint density at radius 1 is 1.22 bits per heavy atom. The summed E-state index contributed by atoms with van der Waals surface area (Å²) in [5.41, 5.74) is 0.318. The van der Waals surface area contributed by atoms with Crippen molar-refractivity contribution in [3.05, 3.63) is 27.2 Å². The van der Waals surface area contributed by atoms with Gasteiger partial charge in [-0.2, -0.15) is 0 Å². The maximum Gasteiger partial charge on any atom is 0.332 e. The standard InChI is InChI=1S/C12H18N4O2/c1-3-5-6-7-16-10-9(13-8-14-10)11(17)15(4-2)12(16)18/h8H,3-7H2,1-2H3,(H,13,14). The lowest BCUT2D eigenvalue weighted by Crippen LogP contribution is -2.39. The van der Waals surface area contributed by atoms with Gasteiger partial charge in [0.25, 0.3) is 5.56 Å². The second kappa shape index (κ2) is 5.20. The number of H-pyrrole nitrogens is 1. The predicted octanol–water partition coefficient (Wildman–Crippen LogP) is 1.10. The van der Waals surface area contributed by atoms with E-state index in [0.29, 0.717) is 24.3 Å². The Morgan fingerprint density at radius 2 is 2.00 bits per heavy atom. The number of nitrogens with one attached hydrogen (secondary N) is 1. The van der Waals surface area contributed by atoms with Gasteiger partial charge in [0.05, 0.1) is 6.33 Å². The third kappa shape index (κ3) is 1.98. The van der Waals surface area contributed by atoms with Crippen molar-refractivity contribution in [2.45, 2.75) is 46.2 Å². The molecule has 2 aromatic heterocycles. The number of hydrogen-bond donors (Lipinski definition) is 1. The monoisotopic (exact) mass is 250 g/mol. The van der Waals surface area contributed by atoms with Crippen molar-refractivity contribution in [2.75, 3.05) is 0 Å². The summed E-state index contributed by atoms with van der Waals surface area (Å²) in [7, 11) is 0. The van der Waals surface area contributed by atoms with Crippen LogP contribution in [0.25, 0.3) is 11.2 Å². The number of rotatable bonds is 5. The molecule has 2 rings (SSSR count). The molecule has 0 saturated carbocycles. The van der Waals surface area contributed by atoms with Gasteiger partial charge in [0.1, 0.15) is 5.52 Å². The fourth-order valence-corrected chi connectivity index (χ4v) is 2.11. The van der Waals surface area contributed by atoms with Crippen LogP contribution in [-0.2, 0) is 13.1 Å². The molecule has 2 heterocycles. The minimum Gasteiger partial charge on any atom is -0.339 e. The molecule has 0 fully saturated rings. The van der Waals surface area contributed by atoms with Crippen LogP contribution in [0.15, 0.2) is 15.9 Å². The molecule has 0 bridgehead atoms. The third-order valence-electron chi connectivity index (χ3n) is 3.10. The number of imidazole rings is 1. The average Bonchev–Trinajstić information content (AvgIpc) is 2.83. The highest BCUT2D eigenvalue weighted by Crippen LogP contribution is 2.04. The first-order valence-corrected chi connectivity index (χ1v) is 6.37. The molecule has 18 heavy (non-hydrogen) atoms. The van der Waals surface area contributed by atoms with E-state index in [1.165, 1.54) is 10.9 Å². The summed E-state index contributed by atoms with van der Waals surface area (Å²) in [6.45, 7) is 4.88. The molecule has 1 N–H and O–H groups in total. The Labute approximate surface area is 104 Å². The lowest BCUT2D eigenvalue weighted by Gasteiger charge is -2.09. The van der Waals surface area contributed by atoms with E-state index in [9.17, 15) is 9.59 Å². The number of aromatic amines is 1. The lowest BCUT2D eigenvalue weighted by molar-refractivity contribution is 0.549. The van der Waals surface area contributed by atoms with E-state index in [-0.39, 0.29) is 11.2 Å². The number of unbranched alkanes of at least 4 members (excludes halogenated alkanes) is 2. The number of aryl methyl sites for hydroxylation is 1. The number of fused-ring (bicyclic) bond motifs is 1. The van der Waals surface area contributed by atoms with Crippen LogP contribution in [0.3, 0.4) is 0 Å². The molecule has 0 aliphatic carbocycles. The molecule has 0 unspecified atom stereocenters. The Balaban J connectivity index is 2.59. The summed E-state index contributed by atoms with van der Waals surface area (Å²) in [4.78, 5) is 31.1. The van der Waals surface area contributed by atoms with Crippen LogP contribution < -0.4 is 11.2 Å². The van der Waals surface area contributed by atoms with Gasteiger partial charge in [-0.3, -0.25) is 13.9 Å². The van der Waals surface area contributed by atoms with Crippen LogP contribution >= 0.6 is 0 Å². The summed E-state index contributed by atoms with van der Waals surface area (Å²) >= 11 is 0. The third-order valence-corrected chi connectivity index (χ3v) is 3.10. The Bertz CT molecular complexity index is 650. The minimum atomic E-state index is -0.290. The molecule has 0 radical (unpaired) electrons. The molecule has 0 spiro atoms. The normalized spacial score (nSPS) is 11.2. The second-order valence-electron chi connectivity index (χ2n) is 4.29. The quantitative estimate of drug-likeness (QED) is 0.807. The molecule has 98 valence electrons. The fraction of sp³-hybridized carbons (Fsp3) is 0.583. The van der Waals surface area contributed by atoms with Gasteiger partial charge in [-0.05, 0) is 13.3 Å². The topological polar surface area (TPSA) is 72.7 Å². The number of hydrogen-bond acceptors (Lipinski definition) is 3. The van der Waals surface area contributed by atoms with Gasteiger partial charge in [-0.1, -0.05) is 19.8 Å². The largest absolute Gasteiger partial charge is 0.339 e. The molecule has 0 atom stereocenters. The molecular weight excluding hydrogens is 232 g/mol. The SMILES string of the molecule is CCCCCn1c(=O)n(CC)c(=O)c2[nH]cnc21. The van der Waals surface area contributed by atoms with Gasteiger partial charge in [-0.15, -0.1) is 0 Å². The Morgan fingerprint density at radius 3 is 2.67 bits per heavy atom. The molecule has 2 aromatic rings. The van der Waals surface area contributed by atoms with E-state index in [2.05, 4.69) is 16.9 Å². The van der Waals surface area contributed by atoms with Crippen molar-refractivity contribution in [3.63, 3.8) is 0 Å². The predicted molar refractivity (Wildman–Crippen MR) is 69.8 cm³/mol. The van der Waals surface area contributed by atoms with E-state index in [1.54, 1.807) is 11.5 Å². The molecule has 0 saturated heterocycles. The zero-order valence-corrected chi connectivity index (χ0v) is 10.8. The van der Waals surface area contributed by atoms with Crippen LogP contribution in [-0.4, -0.2) is 19.1 Å². The van der Waals surface area contributed by atoms with Crippen LogP contribution in [0, 0.1) is 0 Å². The van der Waals surface area contributed by atoms with E-state index in [1.807, 2.05) is 0 Å². The number of aromatic nitrogens is 4. The molecule has 0 amide bonds. The second-order valence-corrected chi connectivity index (χ2v) is 4.29. The van der Waals surface area contributed by atoms with Crippen LogP contribution in [0.4, 0.5) is 0 Å². The van der Waals surface area contributed by atoms with E-state index < -0.39 is 0 Å².